The van der Waals surface area contributed by atoms with Gasteiger partial charge in [0.25, 0.3) is 0 Å². The van der Waals surface area contributed by atoms with Crippen LogP contribution in [0.25, 0.3) is 0 Å². The van der Waals surface area contributed by atoms with Crippen LogP contribution in [0.4, 0.5) is 0 Å². The average molecular weight is 277 g/mol. The van der Waals surface area contributed by atoms with Crippen LogP contribution in [0.15, 0.2) is 0 Å². The van der Waals surface area contributed by atoms with Crippen molar-refractivity contribution in [1.82, 2.24) is 10.3 Å². The minimum absolute atomic E-state index is 0.0513. The molecule has 0 radical (unpaired) electrons. The normalized spacial score (nSPS) is 10.1. The highest BCUT2D eigenvalue weighted by atomic mass is 35.5. The molecule has 94 valence electrons. The van der Waals surface area contributed by atoms with E-state index in [2.05, 4.69) is 15.0 Å². The topological polar surface area (TPSA) is 68.3 Å². The standard InChI is InChI=1S/C10H13ClN2O3S/c1-6-9(10(15)16-2)13-8(17-6)3-4-12-7(14)5-11/h3-5H2,1-2H3,(H,12,14). The molecule has 1 amide bonds. The number of carbonyl (C=O) groups excluding carboxylic acids is 2. The molecule has 5 nitrogen and oxygen atoms in total. The van der Waals surface area contributed by atoms with Gasteiger partial charge in [0.15, 0.2) is 5.69 Å². The van der Waals surface area contributed by atoms with Crippen LogP contribution in [0.3, 0.4) is 0 Å². The fraction of sp³-hybridized carbons (Fsp3) is 0.500. The summed E-state index contributed by atoms with van der Waals surface area (Å²) in [5.41, 5.74) is 0.344. The number of methoxy groups -OCH3 is 1. The van der Waals surface area contributed by atoms with Crippen LogP contribution in [0.1, 0.15) is 20.4 Å². The van der Waals surface area contributed by atoms with Crippen molar-refractivity contribution in [2.24, 2.45) is 0 Å². The van der Waals surface area contributed by atoms with E-state index in [-0.39, 0.29) is 11.8 Å². The summed E-state index contributed by atoms with van der Waals surface area (Å²) in [7, 11) is 1.32. The zero-order valence-electron chi connectivity index (χ0n) is 9.58. The Morgan fingerprint density at radius 2 is 2.24 bits per heavy atom. The molecule has 0 aliphatic heterocycles. The van der Waals surface area contributed by atoms with E-state index in [0.717, 1.165) is 9.88 Å². The molecule has 1 heterocycles. The van der Waals surface area contributed by atoms with Crippen molar-refractivity contribution in [3.05, 3.63) is 15.6 Å². The maximum atomic E-state index is 11.3. The first-order valence-electron chi connectivity index (χ1n) is 4.95. The largest absolute Gasteiger partial charge is 0.464 e. The molecule has 7 heteroatoms. The highest BCUT2D eigenvalue weighted by molar-refractivity contribution is 7.11. The van der Waals surface area contributed by atoms with Gasteiger partial charge in [-0.15, -0.1) is 22.9 Å². The van der Waals surface area contributed by atoms with Crippen molar-refractivity contribution < 1.29 is 14.3 Å². The van der Waals surface area contributed by atoms with E-state index in [1.807, 2.05) is 6.92 Å². The maximum absolute atomic E-state index is 11.3. The number of halogens is 1. The Morgan fingerprint density at radius 1 is 1.53 bits per heavy atom. The predicted molar refractivity (Wildman–Crippen MR) is 65.6 cm³/mol. The first-order chi connectivity index (χ1) is 8.08. The number of hydrogen-bond acceptors (Lipinski definition) is 5. The van der Waals surface area contributed by atoms with E-state index >= 15 is 0 Å². The first kappa shape index (κ1) is 13.9. The van der Waals surface area contributed by atoms with E-state index in [1.165, 1.54) is 18.4 Å². The number of aromatic nitrogens is 1. The second-order valence-electron chi connectivity index (χ2n) is 3.24. The Bertz CT molecular complexity index is 420. The molecule has 1 N–H and O–H groups in total. The van der Waals surface area contributed by atoms with Gasteiger partial charge in [0.1, 0.15) is 5.88 Å². The molecule has 1 rings (SSSR count). The van der Waals surface area contributed by atoms with Crippen molar-refractivity contribution in [3.63, 3.8) is 0 Å². The second kappa shape index (κ2) is 6.56. The van der Waals surface area contributed by atoms with Crippen LogP contribution in [0.5, 0.6) is 0 Å². The molecule has 0 aliphatic carbocycles. The number of esters is 1. The second-order valence-corrected chi connectivity index (χ2v) is 4.79. The SMILES string of the molecule is COC(=O)c1nc(CCNC(=O)CCl)sc1C. The lowest BCUT2D eigenvalue weighted by Gasteiger charge is -1.99. The molecule has 0 bridgehead atoms. The van der Waals surface area contributed by atoms with Crippen LogP contribution in [-0.4, -0.2) is 36.4 Å². The van der Waals surface area contributed by atoms with E-state index in [1.54, 1.807) is 0 Å². The van der Waals surface area contributed by atoms with Crippen molar-refractivity contribution in [3.8, 4) is 0 Å². The van der Waals surface area contributed by atoms with Gasteiger partial charge in [-0.05, 0) is 6.92 Å². The Morgan fingerprint density at radius 3 is 2.82 bits per heavy atom. The lowest BCUT2D eigenvalue weighted by atomic mass is 10.4. The summed E-state index contributed by atoms with van der Waals surface area (Å²) >= 11 is 6.76. The van der Waals surface area contributed by atoms with Gasteiger partial charge >= 0.3 is 5.97 Å². The molecule has 1 aromatic rings. The number of ether oxygens (including phenoxy) is 1. The fourth-order valence-corrected chi connectivity index (χ4v) is 2.22. The number of amides is 1. The van der Waals surface area contributed by atoms with E-state index in [4.69, 9.17) is 11.6 Å². The molecule has 17 heavy (non-hydrogen) atoms. The lowest BCUT2D eigenvalue weighted by Crippen LogP contribution is -2.26. The van der Waals surface area contributed by atoms with Gasteiger partial charge in [0, 0.05) is 17.8 Å². The highest BCUT2D eigenvalue weighted by Gasteiger charge is 2.15. The van der Waals surface area contributed by atoms with E-state index in [9.17, 15) is 9.59 Å². The van der Waals surface area contributed by atoms with Gasteiger partial charge in [-0.25, -0.2) is 9.78 Å². The third-order valence-electron chi connectivity index (χ3n) is 2.00. The van der Waals surface area contributed by atoms with Crippen LogP contribution in [0, 0.1) is 6.92 Å². The Hall–Kier alpha value is -1.14. The van der Waals surface area contributed by atoms with Crippen molar-refractivity contribution in [2.45, 2.75) is 13.3 Å². The predicted octanol–water partition coefficient (Wildman–Crippen LogP) is 1.14. The molecule has 0 fully saturated rings. The van der Waals surface area contributed by atoms with E-state index in [0.29, 0.717) is 18.7 Å². The molecule has 0 unspecified atom stereocenters. The molecular formula is C10H13ClN2O3S. The number of aryl methyl sites for hydroxylation is 1. The smallest absolute Gasteiger partial charge is 0.357 e. The summed E-state index contributed by atoms with van der Waals surface area (Å²) in [4.78, 5) is 27.2. The Labute approximate surface area is 108 Å². The summed E-state index contributed by atoms with van der Waals surface area (Å²) in [6.45, 7) is 2.27. The number of nitrogens with zero attached hydrogens (tertiary/aromatic N) is 1. The monoisotopic (exact) mass is 276 g/mol. The molecule has 0 aliphatic rings. The summed E-state index contributed by atoms with van der Waals surface area (Å²) in [6.07, 6.45) is 0.575. The Kier molecular flexibility index (Phi) is 5.37. The van der Waals surface area contributed by atoms with Crippen LogP contribution in [-0.2, 0) is 16.0 Å². The first-order valence-corrected chi connectivity index (χ1v) is 6.31. The minimum atomic E-state index is -0.435. The number of hydrogen-bond donors (Lipinski definition) is 1. The average Bonchev–Trinajstić information content (AvgIpc) is 2.69. The van der Waals surface area contributed by atoms with Crippen LogP contribution in [0.2, 0.25) is 0 Å². The zero-order chi connectivity index (χ0) is 12.8. The van der Waals surface area contributed by atoms with Gasteiger partial charge in [0.05, 0.1) is 12.1 Å². The van der Waals surface area contributed by atoms with Gasteiger partial charge in [-0.3, -0.25) is 4.79 Å². The Balaban J connectivity index is 2.56. The van der Waals surface area contributed by atoms with Gasteiger partial charge < -0.3 is 10.1 Å². The molecular weight excluding hydrogens is 264 g/mol. The van der Waals surface area contributed by atoms with Gasteiger partial charge in [-0.2, -0.15) is 0 Å². The van der Waals surface area contributed by atoms with Crippen molar-refractivity contribution >= 4 is 34.8 Å². The molecule has 0 spiro atoms. The quantitative estimate of drug-likeness (QED) is 0.647. The van der Waals surface area contributed by atoms with Crippen LogP contribution >= 0.6 is 22.9 Å². The lowest BCUT2D eigenvalue weighted by molar-refractivity contribution is -0.118. The summed E-state index contributed by atoms with van der Waals surface area (Å²) in [5.74, 6) is -0.701. The van der Waals surface area contributed by atoms with Gasteiger partial charge in [-0.1, -0.05) is 0 Å². The molecule has 1 aromatic heterocycles. The number of alkyl halides is 1. The fourth-order valence-electron chi connectivity index (χ4n) is 1.20. The zero-order valence-corrected chi connectivity index (χ0v) is 11.2. The molecule has 0 saturated heterocycles. The minimum Gasteiger partial charge on any atom is -0.464 e. The third kappa shape index (κ3) is 3.98. The number of thiazole rings is 1. The third-order valence-corrected chi connectivity index (χ3v) is 3.28. The van der Waals surface area contributed by atoms with E-state index < -0.39 is 5.97 Å². The molecule has 0 atom stereocenters. The van der Waals surface area contributed by atoms with Crippen molar-refractivity contribution in [2.75, 3.05) is 19.5 Å². The number of rotatable bonds is 5. The summed E-state index contributed by atoms with van der Waals surface area (Å²) in [5, 5.41) is 3.42. The molecule has 0 saturated carbocycles. The highest BCUT2D eigenvalue weighted by Crippen LogP contribution is 2.18. The van der Waals surface area contributed by atoms with Crippen molar-refractivity contribution in [1.29, 1.82) is 0 Å². The summed E-state index contributed by atoms with van der Waals surface area (Å²) < 4.78 is 4.61. The number of carbonyl (C=O) groups is 2. The van der Waals surface area contributed by atoms with Crippen LogP contribution < -0.4 is 5.32 Å². The number of nitrogens with one attached hydrogen (secondary N) is 1. The summed E-state index contributed by atoms with van der Waals surface area (Å²) in [6, 6.07) is 0. The maximum Gasteiger partial charge on any atom is 0.357 e. The van der Waals surface area contributed by atoms with Gasteiger partial charge in [0.2, 0.25) is 5.91 Å². The molecule has 0 aromatic carbocycles.